The van der Waals surface area contributed by atoms with Gasteiger partial charge in [0.15, 0.2) is 0 Å². The lowest BCUT2D eigenvalue weighted by Crippen LogP contribution is -2.33. The normalized spacial score (nSPS) is 11.6. The van der Waals surface area contributed by atoms with E-state index in [2.05, 4.69) is 24.1 Å². The van der Waals surface area contributed by atoms with Crippen LogP contribution in [0.1, 0.15) is 51.2 Å². The Labute approximate surface area is 147 Å². The van der Waals surface area contributed by atoms with Crippen molar-refractivity contribution < 1.29 is 4.79 Å². The van der Waals surface area contributed by atoms with Crippen LogP contribution in [0, 0.1) is 28.6 Å². The maximum absolute atomic E-state index is 12.0. The van der Waals surface area contributed by atoms with E-state index in [-0.39, 0.29) is 34.6 Å². The number of hydrogen-bond acceptors (Lipinski definition) is 6. The summed E-state index contributed by atoms with van der Waals surface area (Å²) in [6.45, 7) is 6.35. The number of nitrogens with one attached hydrogen (secondary N) is 1. The predicted molar refractivity (Wildman–Crippen MR) is 95.1 cm³/mol. The summed E-state index contributed by atoms with van der Waals surface area (Å²) in [6.07, 6.45) is 3.17. The highest BCUT2D eigenvalue weighted by atomic mass is 32.2. The number of pyridine rings is 1. The Bertz CT molecular complexity index is 660. The molecule has 24 heavy (non-hydrogen) atoms. The quantitative estimate of drug-likeness (QED) is 0.700. The third-order valence-corrected chi connectivity index (χ3v) is 4.42. The smallest absolute Gasteiger partial charge is 0.230 e. The predicted octanol–water partition coefficient (Wildman–Crippen LogP) is 2.83. The van der Waals surface area contributed by atoms with Crippen molar-refractivity contribution in [2.24, 2.45) is 5.92 Å². The SMILES string of the molecule is CC(C)CCC[C@H](C)NC(=O)CSc1nc(N)c(C#N)cc1C#N. The van der Waals surface area contributed by atoms with Crippen molar-refractivity contribution in [2.75, 3.05) is 11.5 Å². The second kappa shape index (κ2) is 9.79. The van der Waals surface area contributed by atoms with Crippen molar-refractivity contribution in [3.8, 4) is 12.1 Å². The summed E-state index contributed by atoms with van der Waals surface area (Å²) in [5, 5.41) is 21.3. The molecule has 0 bridgehead atoms. The average Bonchev–Trinajstić information content (AvgIpc) is 2.52. The number of nitriles is 2. The molecule has 1 heterocycles. The van der Waals surface area contributed by atoms with Gasteiger partial charge in [0, 0.05) is 6.04 Å². The highest BCUT2D eigenvalue weighted by molar-refractivity contribution is 8.00. The Hall–Kier alpha value is -2.25. The minimum absolute atomic E-state index is 0.0708. The van der Waals surface area contributed by atoms with Crippen molar-refractivity contribution >= 4 is 23.5 Å². The van der Waals surface area contributed by atoms with Gasteiger partial charge in [-0.25, -0.2) is 4.98 Å². The number of hydrogen-bond donors (Lipinski definition) is 2. The van der Waals surface area contributed by atoms with E-state index in [4.69, 9.17) is 16.3 Å². The van der Waals surface area contributed by atoms with Crippen molar-refractivity contribution in [1.29, 1.82) is 10.5 Å². The largest absolute Gasteiger partial charge is 0.383 e. The maximum atomic E-state index is 12.0. The number of carbonyl (C=O) groups excluding carboxylic acids is 1. The molecule has 3 N–H and O–H groups in total. The molecular weight excluding hydrogens is 322 g/mol. The number of amides is 1. The zero-order valence-corrected chi connectivity index (χ0v) is 15.1. The van der Waals surface area contributed by atoms with Crippen LogP contribution in [0.2, 0.25) is 0 Å². The van der Waals surface area contributed by atoms with Gasteiger partial charge in [0.2, 0.25) is 5.91 Å². The van der Waals surface area contributed by atoms with Gasteiger partial charge in [-0.3, -0.25) is 4.79 Å². The van der Waals surface area contributed by atoms with Gasteiger partial charge >= 0.3 is 0 Å². The number of carbonyl (C=O) groups is 1. The highest BCUT2D eigenvalue weighted by Crippen LogP contribution is 2.23. The summed E-state index contributed by atoms with van der Waals surface area (Å²) in [4.78, 5) is 16.1. The first-order chi connectivity index (χ1) is 11.4. The van der Waals surface area contributed by atoms with Gasteiger partial charge in [-0.05, 0) is 25.3 Å². The Morgan fingerprint density at radius 1 is 1.29 bits per heavy atom. The number of nitrogens with two attached hydrogens (primary N) is 1. The van der Waals surface area contributed by atoms with Gasteiger partial charge in [-0.1, -0.05) is 38.5 Å². The summed E-state index contributed by atoms with van der Waals surface area (Å²) in [5.74, 6) is 0.787. The first-order valence-corrected chi connectivity index (χ1v) is 8.88. The monoisotopic (exact) mass is 345 g/mol. The number of aromatic nitrogens is 1. The summed E-state index contributed by atoms with van der Waals surface area (Å²) >= 11 is 1.15. The highest BCUT2D eigenvalue weighted by Gasteiger charge is 2.13. The third-order valence-electron chi connectivity index (χ3n) is 3.42. The molecule has 1 amide bonds. The van der Waals surface area contributed by atoms with Gasteiger partial charge < -0.3 is 11.1 Å². The average molecular weight is 345 g/mol. The van der Waals surface area contributed by atoms with Crippen molar-refractivity contribution in [3.63, 3.8) is 0 Å². The fraction of sp³-hybridized carbons (Fsp3) is 0.529. The number of rotatable bonds is 8. The fourth-order valence-corrected chi connectivity index (χ4v) is 2.92. The molecule has 1 rings (SSSR count). The summed E-state index contributed by atoms with van der Waals surface area (Å²) < 4.78 is 0. The molecule has 0 aliphatic rings. The van der Waals surface area contributed by atoms with Crippen molar-refractivity contribution in [2.45, 2.75) is 51.1 Å². The maximum Gasteiger partial charge on any atom is 0.230 e. The molecule has 0 aliphatic heterocycles. The summed E-state index contributed by atoms with van der Waals surface area (Å²) in [6, 6.07) is 5.38. The molecule has 0 aliphatic carbocycles. The number of anilines is 1. The molecule has 0 radical (unpaired) electrons. The van der Waals surface area contributed by atoms with Crippen LogP contribution in [0.5, 0.6) is 0 Å². The minimum Gasteiger partial charge on any atom is -0.383 e. The molecule has 6 nitrogen and oxygen atoms in total. The molecule has 0 unspecified atom stereocenters. The minimum atomic E-state index is -0.106. The van der Waals surface area contributed by atoms with Crippen LogP contribution in [-0.2, 0) is 4.79 Å². The van der Waals surface area contributed by atoms with Crippen LogP contribution in [0.3, 0.4) is 0 Å². The second-order valence-electron chi connectivity index (χ2n) is 6.08. The number of nitrogens with zero attached hydrogens (tertiary/aromatic N) is 3. The van der Waals surface area contributed by atoms with E-state index in [1.165, 1.54) is 6.07 Å². The second-order valence-corrected chi connectivity index (χ2v) is 7.04. The van der Waals surface area contributed by atoms with E-state index in [1.54, 1.807) is 0 Å². The van der Waals surface area contributed by atoms with Gasteiger partial charge in [-0.2, -0.15) is 10.5 Å². The Morgan fingerprint density at radius 3 is 2.54 bits per heavy atom. The lowest BCUT2D eigenvalue weighted by Gasteiger charge is -2.14. The van der Waals surface area contributed by atoms with Gasteiger partial charge in [-0.15, -0.1) is 0 Å². The van der Waals surface area contributed by atoms with Crippen LogP contribution in [-0.4, -0.2) is 22.7 Å². The summed E-state index contributed by atoms with van der Waals surface area (Å²) in [7, 11) is 0. The van der Waals surface area contributed by atoms with E-state index in [0.717, 1.165) is 31.0 Å². The van der Waals surface area contributed by atoms with E-state index >= 15 is 0 Å². The Morgan fingerprint density at radius 2 is 1.96 bits per heavy atom. The van der Waals surface area contributed by atoms with E-state index in [0.29, 0.717) is 10.9 Å². The van der Waals surface area contributed by atoms with Crippen LogP contribution >= 0.6 is 11.8 Å². The lowest BCUT2D eigenvalue weighted by molar-refractivity contribution is -0.119. The zero-order valence-electron chi connectivity index (χ0n) is 14.3. The van der Waals surface area contributed by atoms with Gasteiger partial charge in [0.1, 0.15) is 23.0 Å². The first-order valence-electron chi connectivity index (χ1n) is 7.90. The molecule has 0 aromatic carbocycles. The number of thioether (sulfide) groups is 1. The van der Waals surface area contributed by atoms with E-state index < -0.39 is 0 Å². The van der Waals surface area contributed by atoms with Crippen LogP contribution in [0.15, 0.2) is 11.1 Å². The van der Waals surface area contributed by atoms with Crippen molar-refractivity contribution in [1.82, 2.24) is 10.3 Å². The van der Waals surface area contributed by atoms with Crippen molar-refractivity contribution in [3.05, 3.63) is 17.2 Å². The molecule has 1 aromatic rings. The topological polar surface area (TPSA) is 116 Å². The first kappa shape index (κ1) is 19.8. The molecular formula is C17H23N5OS. The molecule has 0 spiro atoms. The van der Waals surface area contributed by atoms with E-state index in [1.807, 2.05) is 19.1 Å². The molecule has 0 saturated carbocycles. The third kappa shape index (κ3) is 6.47. The molecule has 0 saturated heterocycles. The molecule has 128 valence electrons. The fourth-order valence-electron chi connectivity index (χ4n) is 2.14. The Balaban J connectivity index is 2.54. The molecule has 0 fully saturated rings. The van der Waals surface area contributed by atoms with Gasteiger partial charge in [0.25, 0.3) is 0 Å². The van der Waals surface area contributed by atoms with Crippen LogP contribution in [0.4, 0.5) is 5.82 Å². The number of nitrogen functional groups attached to an aromatic ring is 1. The molecule has 7 heteroatoms. The standard InChI is InChI=1S/C17H23N5OS/c1-11(2)5-4-6-12(3)21-15(23)10-24-17-14(9-19)7-13(8-18)16(20)22-17/h7,11-12H,4-6,10H2,1-3H3,(H2,20,22)(H,21,23)/t12-/m0/s1. The van der Waals surface area contributed by atoms with Gasteiger partial charge in [0.05, 0.1) is 16.9 Å². The Kier molecular flexibility index (Phi) is 8.08. The zero-order chi connectivity index (χ0) is 18.1. The lowest BCUT2D eigenvalue weighted by atomic mass is 10.0. The van der Waals surface area contributed by atoms with Crippen LogP contribution in [0.25, 0.3) is 0 Å². The summed E-state index contributed by atoms with van der Waals surface area (Å²) in [5.41, 5.74) is 6.08. The van der Waals surface area contributed by atoms with Crippen LogP contribution < -0.4 is 11.1 Å². The van der Waals surface area contributed by atoms with E-state index in [9.17, 15) is 4.79 Å². The molecule has 1 atom stereocenters. The molecule has 1 aromatic heterocycles.